The highest BCUT2D eigenvalue weighted by atomic mass is 16.5. The largest absolute Gasteiger partial charge is 0.497 e. The Labute approximate surface area is 177 Å². The summed E-state index contributed by atoms with van der Waals surface area (Å²) < 4.78 is 5.33. The van der Waals surface area contributed by atoms with Crippen LogP contribution >= 0.6 is 0 Å². The van der Waals surface area contributed by atoms with Crippen LogP contribution in [0.25, 0.3) is 10.9 Å². The van der Waals surface area contributed by atoms with E-state index in [1.54, 1.807) is 7.11 Å². The van der Waals surface area contributed by atoms with Crippen LogP contribution in [0.5, 0.6) is 5.75 Å². The van der Waals surface area contributed by atoms with E-state index < -0.39 is 5.91 Å². The van der Waals surface area contributed by atoms with Gasteiger partial charge in [0.2, 0.25) is 0 Å². The molecule has 1 aliphatic heterocycles. The fourth-order valence-corrected chi connectivity index (χ4v) is 4.43. The number of hydrogen-bond donors (Lipinski definition) is 1. The smallest absolute Gasteiger partial charge is 0.267 e. The van der Waals surface area contributed by atoms with E-state index in [0.29, 0.717) is 5.69 Å². The first-order chi connectivity index (χ1) is 14.7. The van der Waals surface area contributed by atoms with Gasteiger partial charge in [-0.05, 0) is 74.3 Å². The van der Waals surface area contributed by atoms with Crippen molar-refractivity contribution < 1.29 is 9.53 Å². The lowest BCUT2D eigenvalue weighted by atomic mass is 9.86. The van der Waals surface area contributed by atoms with Crippen molar-refractivity contribution in [3.63, 3.8) is 0 Å². The molecule has 1 fully saturated rings. The Morgan fingerprint density at radius 1 is 1.10 bits per heavy atom. The normalized spacial score (nSPS) is 15.8. The number of fused-ring (bicyclic) bond motifs is 1. The van der Waals surface area contributed by atoms with Gasteiger partial charge in [-0.2, -0.15) is 0 Å². The lowest BCUT2D eigenvalue weighted by molar-refractivity contribution is 0.0994. The van der Waals surface area contributed by atoms with Crippen molar-refractivity contribution in [3.05, 3.63) is 71.4 Å². The highest BCUT2D eigenvalue weighted by Gasteiger charge is 2.23. The van der Waals surface area contributed by atoms with Crippen molar-refractivity contribution >= 4 is 16.8 Å². The molecule has 1 saturated heterocycles. The maximum atomic E-state index is 12.3. The summed E-state index contributed by atoms with van der Waals surface area (Å²) >= 11 is 0. The molecule has 156 valence electrons. The van der Waals surface area contributed by atoms with Crippen LogP contribution in [0.2, 0.25) is 0 Å². The number of amides is 1. The van der Waals surface area contributed by atoms with E-state index in [2.05, 4.69) is 28.1 Å². The summed E-state index contributed by atoms with van der Waals surface area (Å²) in [5.74, 6) is 0.380. The highest BCUT2D eigenvalue weighted by Crippen LogP contribution is 2.33. The molecule has 5 heteroatoms. The van der Waals surface area contributed by atoms with Gasteiger partial charge in [0.25, 0.3) is 5.91 Å². The maximum Gasteiger partial charge on any atom is 0.267 e. The zero-order valence-corrected chi connectivity index (χ0v) is 17.5. The van der Waals surface area contributed by atoms with Crippen LogP contribution in [0.3, 0.4) is 0 Å². The van der Waals surface area contributed by atoms with Gasteiger partial charge in [0.1, 0.15) is 11.4 Å². The molecule has 1 aromatic heterocycles. The Bertz CT molecular complexity index is 1010. The third-order valence-corrected chi connectivity index (χ3v) is 6.06. The van der Waals surface area contributed by atoms with Gasteiger partial charge in [-0.3, -0.25) is 4.79 Å². The first-order valence-corrected chi connectivity index (χ1v) is 10.7. The molecule has 2 N–H and O–H groups in total. The van der Waals surface area contributed by atoms with E-state index >= 15 is 0 Å². The second-order valence-electron chi connectivity index (χ2n) is 8.00. The first-order valence-electron chi connectivity index (χ1n) is 10.7. The number of primary amides is 1. The second-order valence-corrected chi connectivity index (χ2v) is 8.00. The molecule has 1 unspecified atom stereocenters. The maximum absolute atomic E-state index is 12.3. The van der Waals surface area contributed by atoms with Crippen molar-refractivity contribution in [1.29, 1.82) is 0 Å². The van der Waals surface area contributed by atoms with Crippen molar-refractivity contribution in [2.75, 3.05) is 26.7 Å². The van der Waals surface area contributed by atoms with Gasteiger partial charge in [-0.1, -0.05) is 36.8 Å². The van der Waals surface area contributed by atoms with E-state index in [4.69, 9.17) is 10.5 Å². The quantitative estimate of drug-likeness (QED) is 0.637. The van der Waals surface area contributed by atoms with Gasteiger partial charge in [0.05, 0.1) is 12.6 Å². The van der Waals surface area contributed by atoms with Crippen molar-refractivity contribution in [2.24, 2.45) is 5.73 Å². The molecule has 30 heavy (non-hydrogen) atoms. The predicted octanol–water partition coefficient (Wildman–Crippen LogP) is 4.35. The Morgan fingerprint density at radius 3 is 2.53 bits per heavy atom. The van der Waals surface area contributed by atoms with Gasteiger partial charge < -0.3 is 15.4 Å². The number of hydrogen-bond acceptors (Lipinski definition) is 4. The average molecular weight is 404 g/mol. The third-order valence-electron chi connectivity index (χ3n) is 6.06. The summed E-state index contributed by atoms with van der Waals surface area (Å²) in [6.45, 7) is 3.28. The number of nitrogens with two attached hydrogens (primary N) is 1. The average Bonchev–Trinajstić information content (AvgIpc) is 2.79. The number of likely N-dealkylation sites (tertiary alicyclic amines) is 1. The van der Waals surface area contributed by atoms with Gasteiger partial charge in [0, 0.05) is 11.3 Å². The lowest BCUT2D eigenvalue weighted by Crippen LogP contribution is -2.31. The summed E-state index contributed by atoms with van der Waals surface area (Å²) in [4.78, 5) is 19.5. The molecule has 5 nitrogen and oxygen atoms in total. The number of carbonyl (C=O) groups is 1. The number of carbonyl (C=O) groups excluding carboxylic acids is 1. The fraction of sp³-hybridized carbons (Fsp3) is 0.360. The van der Waals surface area contributed by atoms with Gasteiger partial charge in [-0.15, -0.1) is 0 Å². The number of ether oxygens (including phenoxy) is 1. The number of para-hydroxylation sites is 1. The van der Waals surface area contributed by atoms with Gasteiger partial charge in [-0.25, -0.2) is 4.98 Å². The Morgan fingerprint density at radius 2 is 1.83 bits per heavy atom. The molecule has 1 aliphatic rings. The highest BCUT2D eigenvalue weighted by molar-refractivity contribution is 5.96. The Hall–Kier alpha value is -2.92. The molecular formula is C25H29N3O2. The monoisotopic (exact) mass is 403 g/mol. The van der Waals surface area contributed by atoms with E-state index in [1.165, 1.54) is 19.3 Å². The molecule has 0 radical (unpaired) electrons. The van der Waals surface area contributed by atoms with Crippen LogP contribution in [0.15, 0.2) is 54.6 Å². The van der Waals surface area contributed by atoms with Crippen LogP contribution in [-0.4, -0.2) is 42.5 Å². The molecule has 2 aromatic carbocycles. The van der Waals surface area contributed by atoms with E-state index in [-0.39, 0.29) is 5.92 Å². The van der Waals surface area contributed by atoms with Crippen LogP contribution < -0.4 is 10.5 Å². The molecule has 3 aromatic rings. The number of piperidine rings is 1. The molecule has 0 spiro atoms. The number of benzene rings is 2. The number of nitrogens with zero attached hydrogens (tertiary/aromatic N) is 2. The van der Waals surface area contributed by atoms with Gasteiger partial charge >= 0.3 is 0 Å². The minimum absolute atomic E-state index is 0.0393. The summed E-state index contributed by atoms with van der Waals surface area (Å²) in [6, 6.07) is 18.1. The molecule has 1 amide bonds. The molecule has 0 aliphatic carbocycles. The second kappa shape index (κ2) is 9.26. The van der Waals surface area contributed by atoms with E-state index in [9.17, 15) is 4.79 Å². The first kappa shape index (κ1) is 20.4. The molecule has 0 bridgehead atoms. The van der Waals surface area contributed by atoms with Crippen LogP contribution in [-0.2, 0) is 0 Å². The summed E-state index contributed by atoms with van der Waals surface area (Å²) in [6.07, 6.45) is 4.75. The number of pyridine rings is 1. The SMILES string of the molecule is COc1ccc(C(CCN2CCCCC2)c2cc3ccccc3nc2C(N)=O)cc1. The zero-order chi connectivity index (χ0) is 20.9. The molecule has 4 rings (SSSR count). The minimum Gasteiger partial charge on any atom is -0.497 e. The summed E-state index contributed by atoms with van der Waals surface area (Å²) in [5, 5.41) is 1.02. The Kier molecular flexibility index (Phi) is 6.29. The minimum atomic E-state index is -0.479. The molecule has 2 heterocycles. The van der Waals surface area contributed by atoms with E-state index in [0.717, 1.165) is 53.8 Å². The van der Waals surface area contributed by atoms with Crippen molar-refractivity contribution in [3.8, 4) is 5.75 Å². The Balaban J connectivity index is 1.75. The van der Waals surface area contributed by atoms with Crippen LogP contribution in [0.1, 0.15) is 53.2 Å². The number of methoxy groups -OCH3 is 1. The predicted molar refractivity (Wildman–Crippen MR) is 120 cm³/mol. The van der Waals surface area contributed by atoms with Crippen molar-refractivity contribution in [1.82, 2.24) is 9.88 Å². The lowest BCUT2D eigenvalue weighted by Gasteiger charge is -2.29. The number of rotatable bonds is 7. The van der Waals surface area contributed by atoms with Gasteiger partial charge in [0.15, 0.2) is 0 Å². The zero-order valence-electron chi connectivity index (χ0n) is 17.5. The molecule has 0 saturated carbocycles. The summed E-state index contributed by atoms with van der Waals surface area (Å²) in [5.41, 5.74) is 8.99. The standard InChI is InChI=1S/C25H29N3O2/c1-30-20-11-9-18(10-12-20)21(13-16-28-14-5-2-6-15-28)22-17-19-7-3-4-8-23(19)27-24(22)25(26)29/h3-4,7-12,17,21H,2,5-6,13-16H2,1H3,(H2,26,29). The summed E-state index contributed by atoms with van der Waals surface area (Å²) in [7, 11) is 1.67. The van der Waals surface area contributed by atoms with E-state index in [1.807, 2.05) is 36.4 Å². The van der Waals surface area contributed by atoms with Crippen LogP contribution in [0, 0.1) is 0 Å². The fourth-order valence-electron chi connectivity index (χ4n) is 4.43. The van der Waals surface area contributed by atoms with Crippen LogP contribution in [0.4, 0.5) is 0 Å². The topological polar surface area (TPSA) is 68.4 Å². The third kappa shape index (κ3) is 4.46. The van der Waals surface area contributed by atoms with Crippen molar-refractivity contribution in [2.45, 2.75) is 31.6 Å². The molecular weight excluding hydrogens is 374 g/mol. The number of aromatic nitrogens is 1. The molecule has 1 atom stereocenters.